The minimum atomic E-state index is -0.0677. The van der Waals surface area contributed by atoms with E-state index in [4.69, 9.17) is 0 Å². The van der Waals surface area contributed by atoms with Crippen molar-refractivity contribution < 1.29 is 9.59 Å². The Morgan fingerprint density at radius 2 is 1.78 bits per heavy atom. The van der Waals surface area contributed by atoms with Crippen LogP contribution in [0.3, 0.4) is 0 Å². The summed E-state index contributed by atoms with van der Waals surface area (Å²) in [5, 5.41) is 2.81. The lowest BCUT2D eigenvalue weighted by Crippen LogP contribution is -2.52. The van der Waals surface area contributed by atoms with Gasteiger partial charge in [-0.2, -0.15) is 0 Å². The van der Waals surface area contributed by atoms with Gasteiger partial charge < -0.3 is 15.1 Å². The second-order valence-electron chi connectivity index (χ2n) is 5.88. The van der Waals surface area contributed by atoms with Crippen LogP contribution in [-0.4, -0.2) is 49.4 Å². The van der Waals surface area contributed by atoms with E-state index in [1.807, 2.05) is 4.90 Å². The summed E-state index contributed by atoms with van der Waals surface area (Å²) in [6.07, 6.45) is 0.397. The van der Waals surface area contributed by atoms with E-state index in [2.05, 4.69) is 42.3 Å². The quantitative estimate of drug-likeness (QED) is 0.917. The van der Waals surface area contributed by atoms with Crippen molar-refractivity contribution in [1.82, 2.24) is 10.2 Å². The van der Waals surface area contributed by atoms with Crippen LogP contribution in [0.1, 0.15) is 24.5 Å². The molecule has 0 aromatic heterocycles. The molecule has 23 heavy (non-hydrogen) atoms. The molecule has 1 aromatic carbocycles. The van der Waals surface area contributed by atoms with E-state index in [1.54, 1.807) is 0 Å². The first-order chi connectivity index (χ1) is 10.5. The molecule has 1 N–H and O–H groups in total. The first-order valence-corrected chi connectivity index (χ1v) is 7.82. The predicted molar refractivity (Wildman–Crippen MR) is 95.6 cm³/mol. The van der Waals surface area contributed by atoms with Gasteiger partial charge in [-0.25, -0.2) is 4.79 Å². The lowest BCUT2D eigenvalue weighted by atomic mass is 10.1. The zero-order valence-corrected chi connectivity index (χ0v) is 14.9. The third-order valence-electron chi connectivity index (χ3n) is 4.24. The second-order valence-corrected chi connectivity index (χ2v) is 5.88. The molecule has 0 spiro atoms. The minimum absolute atomic E-state index is 0. The van der Waals surface area contributed by atoms with Gasteiger partial charge in [0.2, 0.25) is 0 Å². The predicted octanol–water partition coefficient (Wildman–Crippen LogP) is 2.54. The molecule has 1 aliphatic heterocycles. The van der Waals surface area contributed by atoms with Gasteiger partial charge in [-0.1, -0.05) is 12.1 Å². The molecular weight excluding hydrogens is 314 g/mol. The second kappa shape index (κ2) is 8.77. The molecule has 5 nitrogen and oxygen atoms in total. The van der Waals surface area contributed by atoms with Crippen molar-refractivity contribution in [3.63, 3.8) is 0 Å². The number of halogens is 1. The summed E-state index contributed by atoms with van der Waals surface area (Å²) in [5.41, 5.74) is 3.86. The summed E-state index contributed by atoms with van der Waals surface area (Å²) < 4.78 is 0. The number of rotatable bonds is 4. The van der Waals surface area contributed by atoms with Crippen LogP contribution in [0, 0.1) is 13.8 Å². The number of nitrogens with zero attached hydrogens (tertiary/aromatic N) is 2. The van der Waals surface area contributed by atoms with E-state index < -0.39 is 0 Å². The SMILES string of the molecule is CC(=O)CCNC(=O)N1CCN(c2cccc(C)c2C)CC1.Cl. The fraction of sp³-hybridized carbons (Fsp3) is 0.529. The topological polar surface area (TPSA) is 52.7 Å². The van der Waals surface area contributed by atoms with Gasteiger partial charge in [0.1, 0.15) is 5.78 Å². The molecule has 1 saturated heterocycles. The fourth-order valence-corrected chi connectivity index (χ4v) is 2.69. The Morgan fingerprint density at radius 1 is 1.13 bits per heavy atom. The van der Waals surface area contributed by atoms with Crippen LogP contribution >= 0.6 is 12.4 Å². The average molecular weight is 340 g/mol. The highest BCUT2D eigenvalue weighted by molar-refractivity contribution is 5.85. The number of piperazine rings is 1. The number of benzene rings is 1. The van der Waals surface area contributed by atoms with Crippen LogP contribution in [0.2, 0.25) is 0 Å². The van der Waals surface area contributed by atoms with Crippen molar-refractivity contribution in [2.45, 2.75) is 27.2 Å². The third kappa shape index (κ3) is 5.13. The molecular formula is C17H26ClN3O2. The molecule has 128 valence electrons. The average Bonchev–Trinajstić information content (AvgIpc) is 2.50. The van der Waals surface area contributed by atoms with Gasteiger partial charge in [-0.15, -0.1) is 12.4 Å². The normalized spacial score (nSPS) is 14.2. The summed E-state index contributed by atoms with van der Waals surface area (Å²) in [7, 11) is 0. The zero-order chi connectivity index (χ0) is 16.1. The number of Topliss-reactive ketones (excluding diaryl/α,β-unsaturated/α-hetero) is 1. The molecule has 0 bridgehead atoms. The van der Waals surface area contributed by atoms with Crippen LogP contribution in [0.15, 0.2) is 18.2 Å². The molecule has 1 aliphatic rings. The van der Waals surface area contributed by atoms with Crippen molar-refractivity contribution in [3.05, 3.63) is 29.3 Å². The van der Waals surface area contributed by atoms with Gasteiger partial charge in [0, 0.05) is 44.8 Å². The Hall–Kier alpha value is -1.75. The number of aryl methyl sites for hydroxylation is 1. The molecule has 1 heterocycles. The number of urea groups is 1. The summed E-state index contributed by atoms with van der Waals surface area (Å²) in [6, 6.07) is 6.28. The number of hydrogen-bond acceptors (Lipinski definition) is 3. The molecule has 2 amide bonds. The Kier molecular flexibility index (Phi) is 7.36. The standard InChI is InChI=1S/C17H25N3O2.ClH/c1-13-5-4-6-16(15(13)3)19-9-11-20(12-10-19)17(22)18-8-7-14(2)21;/h4-6H,7-12H2,1-3H3,(H,18,22);1H. The Bertz CT molecular complexity index is 555. The Labute approximate surface area is 144 Å². The van der Waals surface area contributed by atoms with Crippen molar-refractivity contribution in [2.75, 3.05) is 37.6 Å². The molecule has 0 unspecified atom stereocenters. The lowest BCUT2D eigenvalue weighted by Gasteiger charge is -2.37. The summed E-state index contributed by atoms with van der Waals surface area (Å²) in [6.45, 7) is 9.32. The largest absolute Gasteiger partial charge is 0.368 e. The van der Waals surface area contributed by atoms with E-state index >= 15 is 0 Å². The van der Waals surface area contributed by atoms with Gasteiger partial charge in [-0.05, 0) is 38.0 Å². The summed E-state index contributed by atoms with van der Waals surface area (Å²) in [4.78, 5) is 27.1. The Morgan fingerprint density at radius 3 is 2.39 bits per heavy atom. The van der Waals surface area contributed by atoms with E-state index in [9.17, 15) is 9.59 Å². The maximum Gasteiger partial charge on any atom is 0.317 e. The van der Waals surface area contributed by atoms with Gasteiger partial charge in [0.05, 0.1) is 0 Å². The van der Waals surface area contributed by atoms with Crippen LogP contribution in [0.5, 0.6) is 0 Å². The number of nitrogens with one attached hydrogen (secondary N) is 1. The number of amides is 2. The van der Waals surface area contributed by atoms with Crippen molar-refractivity contribution in [1.29, 1.82) is 0 Å². The number of ketones is 1. The number of anilines is 1. The van der Waals surface area contributed by atoms with Crippen molar-refractivity contribution in [3.8, 4) is 0 Å². The monoisotopic (exact) mass is 339 g/mol. The highest BCUT2D eigenvalue weighted by Crippen LogP contribution is 2.23. The number of carbonyl (C=O) groups is 2. The molecule has 6 heteroatoms. The smallest absolute Gasteiger partial charge is 0.317 e. The first kappa shape index (κ1) is 19.3. The molecule has 0 radical (unpaired) electrons. The highest BCUT2D eigenvalue weighted by atomic mass is 35.5. The third-order valence-corrected chi connectivity index (χ3v) is 4.24. The van der Waals surface area contributed by atoms with E-state index in [-0.39, 0.29) is 24.2 Å². The first-order valence-electron chi connectivity index (χ1n) is 7.82. The fourth-order valence-electron chi connectivity index (χ4n) is 2.69. The van der Waals surface area contributed by atoms with Crippen LogP contribution < -0.4 is 10.2 Å². The maximum atomic E-state index is 12.0. The van der Waals surface area contributed by atoms with Crippen molar-refractivity contribution in [2.24, 2.45) is 0 Å². The molecule has 1 aromatic rings. The van der Waals surface area contributed by atoms with Crippen molar-refractivity contribution >= 4 is 29.9 Å². The summed E-state index contributed by atoms with van der Waals surface area (Å²) in [5.74, 6) is 0.0973. The lowest BCUT2D eigenvalue weighted by molar-refractivity contribution is -0.116. The van der Waals surface area contributed by atoms with Gasteiger partial charge in [0.25, 0.3) is 0 Å². The van der Waals surface area contributed by atoms with E-state index in [0.29, 0.717) is 26.1 Å². The van der Waals surface area contributed by atoms with E-state index in [1.165, 1.54) is 23.7 Å². The molecule has 1 fully saturated rings. The highest BCUT2D eigenvalue weighted by Gasteiger charge is 2.22. The number of carbonyl (C=O) groups excluding carboxylic acids is 2. The zero-order valence-electron chi connectivity index (χ0n) is 14.1. The van der Waals surface area contributed by atoms with E-state index in [0.717, 1.165) is 13.1 Å². The number of hydrogen-bond donors (Lipinski definition) is 1. The maximum absolute atomic E-state index is 12.0. The summed E-state index contributed by atoms with van der Waals surface area (Å²) >= 11 is 0. The molecule has 2 rings (SSSR count). The van der Waals surface area contributed by atoms with Crippen LogP contribution in [-0.2, 0) is 4.79 Å². The molecule has 0 saturated carbocycles. The minimum Gasteiger partial charge on any atom is -0.368 e. The van der Waals surface area contributed by atoms with Gasteiger partial charge in [0.15, 0.2) is 0 Å². The van der Waals surface area contributed by atoms with Gasteiger partial charge >= 0.3 is 6.03 Å². The molecule has 0 atom stereocenters. The molecule has 0 aliphatic carbocycles. The van der Waals surface area contributed by atoms with Gasteiger partial charge in [-0.3, -0.25) is 4.79 Å². The van der Waals surface area contributed by atoms with Crippen LogP contribution in [0.25, 0.3) is 0 Å². The van der Waals surface area contributed by atoms with Crippen LogP contribution in [0.4, 0.5) is 10.5 Å². The Balaban J connectivity index is 0.00000264.